The fourth-order valence-electron chi connectivity index (χ4n) is 2.16. The summed E-state index contributed by atoms with van der Waals surface area (Å²) < 4.78 is 0. The zero-order chi connectivity index (χ0) is 13.3. The molecular formula is C18H22S. The lowest BCUT2D eigenvalue weighted by molar-refractivity contribution is 0.706. The Morgan fingerprint density at radius 1 is 0.789 bits per heavy atom. The van der Waals surface area contributed by atoms with Gasteiger partial charge in [-0.3, -0.25) is 0 Å². The number of unbranched alkanes of at least 4 members (excludes halogenated alkanes) is 3. The van der Waals surface area contributed by atoms with Gasteiger partial charge in [-0.05, 0) is 29.4 Å². The molecular weight excluding hydrogens is 248 g/mol. The Bertz CT molecular complexity index is 476. The lowest BCUT2D eigenvalue weighted by Gasteiger charge is -2.09. The van der Waals surface area contributed by atoms with Gasteiger partial charge in [0.1, 0.15) is 0 Å². The van der Waals surface area contributed by atoms with Crippen LogP contribution in [-0.2, 0) is 0 Å². The fourth-order valence-corrected chi connectivity index (χ4v) is 3.24. The van der Waals surface area contributed by atoms with Crippen molar-refractivity contribution < 1.29 is 0 Å². The summed E-state index contributed by atoms with van der Waals surface area (Å²) >= 11 is 1.99. The first-order valence-electron chi connectivity index (χ1n) is 7.19. The summed E-state index contributed by atoms with van der Waals surface area (Å²) in [6.07, 6.45) is 5.35. The van der Waals surface area contributed by atoms with Gasteiger partial charge in [0.25, 0.3) is 0 Å². The summed E-state index contributed by atoms with van der Waals surface area (Å²) in [5.41, 5.74) is 2.68. The molecule has 2 aromatic carbocycles. The number of benzene rings is 2. The predicted octanol–water partition coefficient (Wildman–Crippen LogP) is 6.03. The number of hydrogen-bond acceptors (Lipinski definition) is 1. The summed E-state index contributed by atoms with van der Waals surface area (Å²) in [4.78, 5) is 1.41. The molecule has 2 aromatic rings. The second-order valence-corrected chi connectivity index (χ2v) is 5.91. The highest BCUT2D eigenvalue weighted by Gasteiger charge is 2.04. The zero-order valence-corrected chi connectivity index (χ0v) is 12.5. The highest BCUT2D eigenvalue weighted by Crippen LogP contribution is 2.31. The van der Waals surface area contributed by atoms with Crippen LogP contribution in [0.5, 0.6) is 0 Å². The lowest BCUT2D eigenvalue weighted by Crippen LogP contribution is -1.85. The zero-order valence-electron chi connectivity index (χ0n) is 11.6. The van der Waals surface area contributed by atoms with Gasteiger partial charge < -0.3 is 0 Å². The van der Waals surface area contributed by atoms with E-state index in [1.807, 2.05) is 11.8 Å². The topological polar surface area (TPSA) is 0 Å². The summed E-state index contributed by atoms with van der Waals surface area (Å²) in [5, 5.41) is 0. The normalized spacial score (nSPS) is 10.6. The smallest absolute Gasteiger partial charge is 0.0150 e. The SMILES string of the molecule is CCCCCCSc1ccccc1-c1ccccc1. The first-order valence-corrected chi connectivity index (χ1v) is 8.17. The maximum atomic E-state index is 2.26. The third-order valence-electron chi connectivity index (χ3n) is 3.23. The second kappa shape index (κ2) is 8.06. The van der Waals surface area contributed by atoms with E-state index in [-0.39, 0.29) is 0 Å². The van der Waals surface area contributed by atoms with Gasteiger partial charge in [-0.15, -0.1) is 11.8 Å². The molecule has 0 aliphatic rings. The van der Waals surface area contributed by atoms with E-state index < -0.39 is 0 Å². The van der Waals surface area contributed by atoms with Crippen molar-refractivity contribution in [3.8, 4) is 11.1 Å². The summed E-state index contributed by atoms with van der Waals surface area (Å²) in [6.45, 7) is 2.26. The molecule has 0 saturated carbocycles. The van der Waals surface area contributed by atoms with Crippen molar-refractivity contribution in [2.45, 2.75) is 37.5 Å². The van der Waals surface area contributed by atoms with Gasteiger partial charge >= 0.3 is 0 Å². The monoisotopic (exact) mass is 270 g/mol. The van der Waals surface area contributed by atoms with Crippen molar-refractivity contribution >= 4 is 11.8 Å². The molecule has 0 heterocycles. The van der Waals surface area contributed by atoms with Crippen LogP contribution in [0.25, 0.3) is 11.1 Å². The third-order valence-corrected chi connectivity index (χ3v) is 4.39. The van der Waals surface area contributed by atoms with Gasteiger partial charge in [-0.2, -0.15) is 0 Å². The molecule has 0 aliphatic heterocycles. The first kappa shape index (κ1) is 14.2. The van der Waals surface area contributed by atoms with Crippen LogP contribution >= 0.6 is 11.8 Å². The minimum atomic E-state index is 1.23. The maximum absolute atomic E-state index is 2.26. The largest absolute Gasteiger partial charge is 0.126 e. The molecule has 100 valence electrons. The van der Waals surface area contributed by atoms with E-state index in [1.54, 1.807) is 0 Å². The first-order chi connectivity index (χ1) is 9.42. The standard InChI is InChI=1S/C18H22S/c1-2-3-4-10-15-19-18-14-9-8-13-17(18)16-11-6-5-7-12-16/h5-9,11-14H,2-4,10,15H2,1H3. The Labute approximate surface area is 121 Å². The Morgan fingerprint density at radius 2 is 1.53 bits per heavy atom. The Morgan fingerprint density at radius 3 is 2.32 bits per heavy atom. The second-order valence-electron chi connectivity index (χ2n) is 4.77. The average Bonchev–Trinajstić information content (AvgIpc) is 2.48. The molecule has 0 aromatic heterocycles. The molecule has 0 N–H and O–H groups in total. The highest BCUT2D eigenvalue weighted by molar-refractivity contribution is 7.99. The van der Waals surface area contributed by atoms with E-state index in [0.717, 1.165) is 0 Å². The van der Waals surface area contributed by atoms with Gasteiger partial charge in [0, 0.05) is 4.90 Å². The van der Waals surface area contributed by atoms with Crippen LogP contribution in [0.15, 0.2) is 59.5 Å². The van der Waals surface area contributed by atoms with E-state index in [2.05, 4.69) is 61.5 Å². The van der Waals surface area contributed by atoms with Crippen LogP contribution in [0.2, 0.25) is 0 Å². The Hall–Kier alpha value is -1.21. The van der Waals surface area contributed by atoms with Crippen LogP contribution < -0.4 is 0 Å². The summed E-state index contributed by atoms with van der Waals surface area (Å²) in [5.74, 6) is 1.23. The van der Waals surface area contributed by atoms with E-state index in [4.69, 9.17) is 0 Å². The predicted molar refractivity (Wildman–Crippen MR) is 86.7 cm³/mol. The van der Waals surface area contributed by atoms with Crippen LogP contribution in [0, 0.1) is 0 Å². The van der Waals surface area contributed by atoms with Crippen molar-refractivity contribution in [3.63, 3.8) is 0 Å². The Balaban J connectivity index is 2.01. The molecule has 0 amide bonds. The maximum Gasteiger partial charge on any atom is 0.0150 e. The minimum absolute atomic E-state index is 1.23. The number of thioether (sulfide) groups is 1. The molecule has 0 spiro atoms. The van der Waals surface area contributed by atoms with Crippen molar-refractivity contribution in [2.75, 3.05) is 5.75 Å². The van der Waals surface area contributed by atoms with Crippen molar-refractivity contribution in [3.05, 3.63) is 54.6 Å². The van der Waals surface area contributed by atoms with Crippen LogP contribution in [0.3, 0.4) is 0 Å². The van der Waals surface area contributed by atoms with Crippen molar-refractivity contribution in [1.82, 2.24) is 0 Å². The van der Waals surface area contributed by atoms with Crippen LogP contribution in [-0.4, -0.2) is 5.75 Å². The third kappa shape index (κ3) is 4.43. The lowest BCUT2D eigenvalue weighted by atomic mass is 10.1. The number of hydrogen-bond donors (Lipinski definition) is 0. The Kier molecular flexibility index (Phi) is 6.03. The van der Waals surface area contributed by atoms with Gasteiger partial charge in [-0.1, -0.05) is 74.7 Å². The molecule has 0 saturated heterocycles. The molecule has 0 unspecified atom stereocenters. The van der Waals surface area contributed by atoms with Gasteiger partial charge in [0.15, 0.2) is 0 Å². The van der Waals surface area contributed by atoms with Crippen LogP contribution in [0.4, 0.5) is 0 Å². The molecule has 19 heavy (non-hydrogen) atoms. The molecule has 0 aliphatic carbocycles. The molecule has 0 fully saturated rings. The molecule has 0 bridgehead atoms. The van der Waals surface area contributed by atoms with Gasteiger partial charge in [-0.25, -0.2) is 0 Å². The van der Waals surface area contributed by atoms with Gasteiger partial charge in [0.05, 0.1) is 0 Å². The fraction of sp³-hybridized carbons (Fsp3) is 0.333. The molecule has 2 rings (SSSR count). The quantitative estimate of drug-likeness (QED) is 0.437. The molecule has 0 atom stereocenters. The summed E-state index contributed by atoms with van der Waals surface area (Å²) in [6, 6.07) is 19.4. The van der Waals surface area contributed by atoms with Crippen LogP contribution in [0.1, 0.15) is 32.6 Å². The van der Waals surface area contributed by atoms with Crippen molar-refractivity contribution in [2.24, 2.45) is 0 Å². The molecule has 0 nitrogen and oxygen atoms in total. The van der Waals surface area contributed by atoms with E-state index in [1.165, 1.54) is 47.5 Å². The minimum Gasteiger partial charge on any atom is -0.126 e. The van der Waals surface area contributed by atoms with Crippen molar-refractivity contribution in [1.29, 1.82) is 0 Å². The average molecular weight is 270 g/mol. The van der Waals surface area contributed by atoms with E-state index in [0.29, 0.717) is 0 Å². The highest BCUT2D eigenvalue weighted by atomic mass is 32.2. The van der Waals surface area contributed by atoms with E-state index in [9.17, 15) is 0 Å². The van der Waals surface area contributed by atoms with Gasteiger partial charge in [0.2, 0.25) is 0 Å². The summed E-state index contributed by atoms with van der Waals surface area (Å²) in [7, 11) is 0. The van der Waals surface area contributed by atoms with E-state index >= 15 is 0 Å². The molecule has 0 radical (unpaired) electrons. The number of rotatable bonds is 7. The molecule has 1 heteroatoms.